The first-order valence-corrected chi connectivity index (χ1v) is 12.6. The Morgan fingerprint density at radius 2 is 1.17 bits per heavy atom. The fraction of sp³-hybridized carbons (Fsp3) is 0.889. The van der Waals surface area contributed by atoms with E-state index in [-0.39, 0.29) is 0 Å². The van der Waals surface area contributed by atoms with E-state index in [1.807, 2.05) is 0 Å². The molecule has 0 aromatic heterocycles. The van der Waals surface area contributed by atoms with Crippen LogP contribution in [0.2, 0.25) is 0 Å². The fourth-order valence-electron chi connectivity index (χ4n) is 2.53. The zero-order valence-corrected chi connectivity index (χ0v) is 16.6. The molecule has 0 atom stereocenters. The van der Waals surface area contributed by atoms with Gasteiger partial charge >= 0.3 is 6.80 Å². The van der Waals surface area contributed by atoms with E-state index in [1.165, 1.54) is 77.0 Å². The Labute approximate surface area is 147 Å². The number of allylic oxidation sites excluding steroid dienone is 2. The van der Waals surface area contributed by atoms with E-state index in [9.17, 15) is 4.57 Å². The molecule has 0 rings (SSSR count). The first kappa shape index (κ1) is 23.2. The zero-order chi connectivity index (χ0) is 17.2. The number of hydrogen-bond acceptors (Lipinski definition) is 2. The smallest absolute Gasteiger partial charge is 0.317 e. The van der Waals surface area contributed by atoms with Crippen molar-refractivity contribution >= 4 is 18.2 Å². The highest BCUT2D eigenvalue weighted by Gasteiger charge is 2.11. The van der Waals surface area contributed by atoms with Crippen molar-refractivity contribution in [3.63, 3.8) is 0 Å². The van der Waals surface area contributed by atoms with Crippen LogP contribution in [0.4, 0.5) is 0 Å². The van der Waals surface area contributed by atoms with Crippen LogP contribution in [0.15, 0.2) is 12.2 Å². The Morgan fingerprint density at radius 1 is 0.739 bits per heavy atom. The lowest BCUT2D eigenvalue weighted by Crippen LogP contribution is -1.83. The summed E-state index contributed by atoms with van der Waals surface area (Å²) in [5.74, 6) is 0.575. The predicted molar refractivity (Wildman–Crippen MR) is 104 cm³/mol. The van der Waals surface area contributed by atoms with Gasteiger partial charge in [-0.2, -0.15) is 0 Å². The molecule has 0 heterocycles. The molecule has 0 amide bonds. The molecule has 0 aliphatic carbocycles. The van der Waals surface area contributed by atoms with E-state index in [0.29, 0.717) is 5.75 Å². The average Bonchev–Trinajstić information content (AvgIpc) is 2.49. The lowest BCUT2D eigenvalue weighted by Gasteiger charge is -2.03. The Morgan fingerprint density at radius 3 is 1.65 bits per heavy atom. The maximum Gasteiger partial charge on any atom is 0.383 e. The molecule has 0 saturated carbocycles. The summed E-state index contributed by atoms with van der Waals surface area (Å²) in [7, 11) is 0. The van der Waals surface area contributed by atoms with Crippen LogP contribution in [0.1, 0.15) is 96.8 Å². The number of rotatable bonds is 17. The predicted octanol–water partition coefficient (Wildman–Crippen LogP) is 6.85. The summed E-state index contributed by atoms with van der Waals surface area (Å²) < 4.78 is 10.6. The topological polar surface area (TPSA) is 57.5 Å². The van der Waals surface area contributed by atoms with Gasteiger partial charge in [-0.3, -0.25) is 0 Å². The molecule has 3 nitrogen and oxygen atoms in total. The van der Waals surface area contributed by atoms with Crippen molar-refractivity contribution in [2.24, 2.45) is 0 Å². The largest absolute Gasteiger partial charge is 0.383 e. The number of hydrogen-bond donors (Lipinski definition) is 2. The SMILES string of the molecule is CCCCCCCC/C=C\CCCCCCCCSP(=O)(O)O. The van der Waals surface area contributed by atoms with Crippen molar-refractivity contribution in [2.45, 2.75) is 96.8 Å². The molecule has 0 aliphatic rings. The third-order valence-corrected chi connectivity index (χ3v) is 6.28. The third kappa shape index (κ3) is 22.2. The lowest BCUT2D eigenvalue weighted by atomic mass is 10.1. The van der Waals surface area contributed by atoms with Crippen molar-refractivity contribution in [1.82, 2.24) is 0 Å². The van der Waals surface area contributed by atoms with E-state index in [0.717, 1.165) is 24.2 Å². The molecule has 138 valence electrons. The fourth-order valence-corrected chi connectivity index (χ4v) is 4.20. The second-order valence-electron chi connectivity index (χ2n) is 6.26. The van der Waals surface area contributed by atoms with Gasteiger partial charge in [0.15, 0.2) is 0 Å². The molecule has 23 heavy (non-hydrogen) atoms. The minimum atomic E-state index is -3.85. The third-order valence-electron chi connectivity index (χ3n) is 3.92. The van der Waals surface area contributed by atoms with Crippen molar-refractivity contribution in [2.75, 3.05) is 5.75 Å². The molecule has 0 saturated heterocycles. The summed E-state index contributed by atoms with van der Waals surface area (Å²) in [6.45, 7) is -1.59. The van der Waals surface area contributed by atoms with Gasteiger partial charge in [0.2, 0.25) is 0 Å². The van der Waals surface area contributed by atoms with Crippen LogP contribution in [0.25, 0.3) is 0 Å². The van der Waals surface area contributed by atoms with Crippen LogP contribution >= 0.6 is 18.2 Å². The summed E-state index contributed by atoms with van der Waals surface area (Å²) in [4.78, 5) is 17.4. The molecule has 0 spiro atoms. The minimum Gasteiger partial charge on any atom is -0.317 e. The molecule has 2 N–H and O–H groups in total. The molecule has 0 aromatic rings. The Hall–Kier alpha value is 0.240. The Bertz CT molecular complexity index is 315. The van der Waals surface area contributed by atoms with Crippen LogP contribution in [0, 0.1) is 0 Å². The van der Waals surface area contributed by atoms with Gasteiger partial charge in [-0.15, -0.1) is 0 Å². The van der Waals surface area contributed by atoms with Crippen LogP contribution in [0.5, 0.6) is 0 Å². The normalized spacial score (nSPS) is 12.3. The van der Waals surface area contributed by atoms with E-state index in [4.69, 9.17) is 9.79 Å². The van der Waals surface area contributed by atoms with Gasteiger partial charge in [0.1, 0.15) is 0 Å². The second-order valence-corrected chi connectivity index (χ2v) is 10.1. The van der Waals surface area contributed by atoms with Gasteiger partial charge in [-0.05, 0) is 43.5 Å². The van der Waals surface area contributed by atoms with E-state index in [1.54, 1.807) is 0 Å². The highest BCUT2D eigenvalue weighted by atomic mass is 32.7. The molecule has 0 aromatic carbocycles. The molecule has 0 aliphatic heterocycles. The maximum atomic E-state index is 10.6. The van der Waals surface area contributed by atoms with Crippen LogP contribution in [0.3, 0.4) is 0 Å². The maximum absolute atomic E-state index is 10.6. The molecule has 0 bridgehead atoms. The molecule has 0 unspecified atom stereocenters. The first-order chi connectivity index (χ1) is 11.1. The molecule has 0 fully saturated rings. The van der Waals surface area contributed by atoms with Gasteiger partial charge in [0.25, 0.3) is 0 Å². The van der Waals surface area contributed by atoms with Crippen molar-refractivity contribution in [3.05, 3.63) is 12.2 Å². The lowest BCUT2D eigenvalue weighted by molar-refractivity contribution is 0.397. The van der Waals surface area contributed by atoms with Gasteiger partial charge in [0.05, 0.1) is 0 Å². The van der Waals surface area contributed by atoms with Gasteiger partial charge in [-0.1, -0.05) is 76.9 Å². The highest BCUT2D eigenvalue weighted by Crippen LogP contribution is 2.50. The summed E-state index contributed by atoms with van der Waals surface area (Å²) in [5, 5.41) is 0. The van der Waals surface area contributed by atoms with E-state index >= 15 is 0 Å². The molecule has 0 radical (unpaired) electrons. The minimum absolute atomic E-state index is 0.575. The number of unbranched alkanes of at least 4 members (excludes halogenated alkanes) is 12. The summed E-state index contributed by atoms with van der Waals surface area (Å²) >= 11 is 0.778. The van der Waals surface area contributed by atoms with Crippen molar-refractivity contribution in [1.29, 1.82) is 0 Å². The van der Waals surface area contributed by atoms with Gasteiger partial charge in [0, 0.05) is 5.75 Å². The standard InChI is InChI=1S/C18H37O3PS/c1-2-3-4-5-6-7-8-9-10-11-12-13-14-15-16-17-18-23-22(19,20)21/h9-10H,2-8,11-18H2,1H3,(H2,19,20,21)/b10-9-. The van der Waals surface area contributed by atoms with Crippen LogP contribution < -0.4 is 0 Å². The quantitative estimate of drug-likeness (QED) is 0.168. The Kier molecular flexibility index (Phi) is 17.3. The van der Waals surface area contributed by atoms with Crippen LogP contribution in [-0.2, 0) is 4.57 Å². The monoisotopic (exact) mass is 364 g/mol. The summed E-state index contributed by atoms with van der Waals surface area (Å²) in [6, 6.07) is 0. The second kappa shape index (κ2) is 17.1. The summed E-state index contributed by atoms with van der Waals surface area (Å²) in [6.07, 6.45) is 22.3. The zero-order valence-electron chi connectivity index (χ0n) is 14.9. The van der Waals surface area contributed by atoms with Crippen molar-refractivity contribution in [3.8, 4) is 0 Å². The Balaban J connectivity index is 3.12. The molecular weight excluding hydrogens is 327 g/mol. The first-order valence-electron chi connectivity index (χ1n) is 9.41. The average molecular weight is 365 g/mol. The van der Waals surface area contributed by atoms with Gasteiger partial charge < -0.3 is 9.79 Å². The molecular formula is C18H37O3PS. The highest BCUT2D eigenvalue weighted by molar-refractivity contribution is 8.54. The van der Waals surface area contributed by atoms with E-state index in [2.05, 4.69) is 19.1 Å². The van der Waals surface area contributed by atoms with Crippen LogP contribution in [-0.4, -0.2) is 15.5 Å². The van der Waals surface area contributed by atoms with E-state index < -0.39 is 6.80 Å². The van der Waals surface area contributed by atoms with Gasteiger partial charge in [-0.25, -0.2) is 4.57 Å². The molecule has 5 heteroatoms. The van der Waals surface area contributed by atoms with Crippen molar-refractivity contribution < 1.29 is 14.4 Å². The summed E-state index contributed by atoms with van der Waals surface area (Å²) in [5.41, 5.74) is 0.